The van der Waals surface area contributed by atoms with Crippen LogP contribution in [0, 0.1) is 6.92 Å². The van der Waals surface area contributed by atoms with Gasteiger partial charge in [-0.15, -0.1) is 0 Å². The van der Waals surface area contributed by atoms with Crippen LogP contribution < -0.4 is 5.32 Å². The Balaban J connectivity index is 2.03. The van der Waals surface area contributed by atoms with Gasteiger partial charge in [-0.25, -0.2) is 0 Å². The summed E-state index contributed by atoms with van der Waals surface area (Å²) in [6.07, 6.45) is 2.10. The smallest absolute Gasteiger partial charge is 0.0409 e. The van der Waals surface area contributed by atoms with E-state index in [-0.39, 0.29) is 0 Å². The SMILES string of the molecule is CCC(NC(C)Cc1ccccc1C)c1cccc(Cl)c1. The van der Waals surface area contributed by atoms with Crippen LogP contribution in [0.3, 0.4) is 0 Å². The van der Waals surface area contributed by atoms with Crippen molar-refractivity contribution in [1.82, 2.24) is 5.32 Å². The lowest BCUT2D eigenvalue weighted by Crippen LogP contribution is -2.32. The average molecular weight is 302 g/mol. The first-order valence-electron chi connectivity index (χ1n) is 7.66. The summed E-state index contributed by atoms with van der Waals surface area (Å²) in [5.41, 5.74) is 4.04. The van der Waals surface area contributed by atoms with E-state index in [1.165, 1.54) is 16.7 Å². The molecule has 2 heteroatoms. The van der Waals surface area contributed by atoms with E-state index in [1.807, 2.05) is 12.1 Å². The molecule has 0 amide bonds. The predicted octanol–water partition coefficient (Wildman–Crippen LogP) is 5.32. The zero-order chi connectivity index (χ0) is 15.2. The maximum atomic E-state index is 6.11. The molecule has 0 aliphatic carbocycles. The van der Waals surface area contributed by atoms with Gasteiger partial charge >= 0.3 is 0 Å². The molecular formula is C19H24ClN. The van der Waals surface area contributed by atoms with Crippen LogP contribution >= 0.6 is 11.6 Å². The Morgan fingerprint density at radius 3 is 2.52 bits per heavy atom. The highest BCUT2D eigenvalue weighted by atomic mass is 35.5. The lowest BCUT2D eigenvalue weighted by atomic mass is 9.99. The molecule has 0 aliphatic rings. The Morgan fingerprint density at radius 2 is 1.86 bits per heavy atom. The fourth-order valence-corrected chi connectivity index (χ4v) is 2.94. The van der Waals surface area contributed by atoms with E-state index in [4.69, 9.17) is 11.6 Å². The van der Waals surface area contributed by atoms with Crippen molar-refractivity contribution in [3.8, 4) is 0 Å². The summed E-state index contributed by atoms with van der Waals surface area (Å²) in [4.78, 5) is 0. The van der Waals surface area contributed by atoms with Crippen LogP contribution in [-0.2, 0) is 6.42 Å². The molecule has 112 valence electrons. The molecule has 0 radical (unpaired) electrons. The molecule has 0 saturated carbocycles. The fraction of sp³-hybridized carbons (Fsp3) is 0.368. The lowest BCUT2D eigenvalue weighted by molar-refractivity contribution is 0.443. The van der Waals surface area contributed by atoms with Gasteiger partial charge in [0.25, 0.3) is 0 Å². The minimum atomic E-state index is 0.350. The minimum absolute atomic E-state index is 0.350. The van der Waals surface area contributed by atoms with Crippen molar-refractivity contribution in [2.75, 3.05) is 0 Å². The molecule has 0 aromatic heterocycles. The molecule has 0 heterocycles. The largest absolute Gasteiger partial charge is 0.307 e. The molecule has 0 spiro atoms. The Hall–Kier alpha value is -1.31. The van der Waals surface area contributed by atoms with Gasteiger partial charge in [0.1, 0.15) is 0 Å². The highest BCUT2D eigenvalue weighted by molar-refractivity contribution is 6.30. The second-order valence-corrected chi connectivity index (χ2v) is 6.15. The molecule has 2 aromatic carbocycles. The normalized spacial score (nSPS) is 13.9. The highest BCUT2D eigenvalue weighted by Crippen LogP contribution is 2.21. The Bertz CT molecular complexity index is 579. The third-order valence-electron chi connectivity index (χ3n) is 3.93. The van der Waals surface area contributed by atoms with E-state index in [9.17, 15) is 0 Å². The minimum Gasteiger partial charge on any atom is -0.307 e. The van der Waals surface area contributed by atoms with Crippen molar-refractivity contribution in [1.29, 1.82) is 0 Å². The van der Waals surface area contributed by atoms with Crippen LogP contribution in [0.4, 0.5) is 0 Å². The first-order chi connectivity index (χ1) is 10.1. The van der Waals surface area contributed by atoms with E-state index in [1.54, 1.807) is 0 Å². The zero-order valence-corrected chi connectivity index (χ0v) is 13.8. The maximum Gasteiger partial charge on any atom is 0.0409 e. The van der Waals surface area contributed by atoms with Crippen LogP contribution in [0.5, 0.6) is 0 Å². The number of halogens is 1. The van der Waals surface area contributed by atoms with Crippen LogP contribution in [0.1, 0.15) is 43.0 Å². The van der Waals surface area contributed by atoms with E-state index in [0.717, 1.165) is 17.9 Å². The van der Waals surface area contributed by atoms with Gasteiger partial charge in [0.2, 0.25) is 0 Å². The summed E-state index contributed by atoms with van der Waals surface area (Å²) in [5, 5.41) is 4.53. The first-order valence-corrected chi connectivity index (χ1v) is 8.04. The Kier molecular flexibility index (Phi) is 5.84. The highest BCUT2D eigenvalue weighted by Gasteiger charge is 2.13. The molecule has 0 saturated heterocycles. The van der Waals surface area contributed by atoms with Gasteiger partial charge in [-0.05, 0) is 55.5 Å². The third kappa shape index (κ3) is 4.59. The average Bonchev–Trinajstić information content (AvgIpc) is 2.47. The fourth-order valence-electron chi connectivity index (χ4n) is 2.74. The zero-order valence-electron chi connectivity index (χ0n) is 13.1. The molecule has 2 aromatic rings. The van der Waals surface area contributed by atoms with Gasteiger partial charge in [-0.3, -0.25) is 0 Å². The second-order valence-electron chi connectivity index (χ2n) is 5.71. The molecule has 2 unspecified atom stereocenters. The lowest BCUT2D eigenvalue weighted by Gasteiger charge is -2.23. The summed E-state index contributed by atoms with van der Waals surface area (Å²) < 4.78 is 0. The molecule has 2 rings (SSSR count). The monoisotopic (exact) mass is 301 g/mol. The van der Waals surface area contributed by atoms with Gasteiger partial charge < -0.3 is 5.32 Å². The number of hydrogen-bond acceptors (Lipinski definition) is 1. The molecular weight excluding hydrogens is 278 g/mol. The van der Waals surface area contributed by atoms with Gasteiger partial charge in [0.15, 0.2) is 0 Å². The number of benzene rings is 2. The molecule has 21 heavy (non-hydrogen) atoms. The van der Waals surface area contributed by atoms with Crippen LogP contribution in [0.25, 0.3) is 0 Å². The van der Waals surface area contributed by atoms with Gasteiger partial charge in [-0.1, -0.05) is 54.9 Å². The standard InChI is InChI=1S/C19H24ClN/c1-4-19(17-10-7-11-18(20)13-17)21-15(3)12-16-9-6-5-8-14(16)2/h5-11,13,15,19,21H,4,12H2,1-3H3. The van der Waals surface area contributed by atoms with Crippen LogP contribution in [0.15, 0.2) is 48.5 Å². The molecule has 2 atom stereocenters. The van der Waals surface area contributed by atoms with E-state index >= 15 is 0 Å². The molecule has 0 bridgehead atoms. The van der Waals surface area contributed by atoms with Crippen molar-refractivity contribution in [3.05, 3.63) is 70.2 Å². The molecule has 1 nitrogen and oxygen atoms in total. The Morgan fingerprint density at radius 1 is 1.10 bits per heavy atom. The number of hydrogen-bond donors (Lipinski definition) is 1. The summed E-state index contributed by atoms with van der Waals surface area (Å²) in [6, 6.07) is 17.5. The van der Waals surface area contributed by atoms with Crippen molar-refractivity contribution < 1.29 is 0 Å². The third-order valence-corrected chi connectivity index (χ3v) is 4.17. The van der Waals surface area contributed by atoms with Gasteiger partial charge in [0.05, 0.1) is 0 Å². The van der Waals surface area contributed by atoms with Gasteiger partial charge in [0, 0.05) is 17.1 Å². The molecule has 1 N–H and O–H groups in total. The van der Waals surface area contributed by atoms with Crippen molar-refractivity contribution in [2.24, 2.45) is 0 Å². The summed E-state index contributed by atoms with van der Waals surface area (Å²) in [7, 11) is 0. The van der Waals surface area contributed by atoms with Crippen molar-refractivity contribution in [3.63, 3.8) is 0 Å². The first kappa shape index (κ1) is 16.1. The molecule has 0 aliphatic heterocycles. The number of rotatable bonds is 6. The van der Waals surface area contributed by atoms with Crippen molar-refractivity contribution in [2.45, 2.75) is 45.7 Å². The summed E-state index contributed by atoms with van der Waals surface area (Å²) >= 11 is 6.11. The number of nitrogens with one attached hydrogen (secondary N) is 1. The topological polar surface area (TPSA) is 12.0 Å². The van der Waals surface area contributed by atoms with E-state index < -0.39 is 0 Å². The summed E-state index contributed by atoms with van der Waals surface area (Å²) in [6.45, 7) is 6.63. The maximum absolute atomic E-state index is 6.11. The predicted molar refractivity (Wildman–Crippen MR) is 92.0 cm³/mol. The quantitative estimate of drug-likeness (QED) is 0.761. The van der Waals surface area contributed by atoms with E-state index in [0.29, 0.717) is 12.1 Å². The number of aryl methyl sites for hydroxylation is 1. The Labute approximate surface area is 133 Å². The van der Waals surface area contributed by atoms with Gasteiger partial charge in [-0.2, -0.15) is 0 Å². The van der Waals surface area contributed by atoms with Crippen LogP contribution in [-0.4, -0.2) is 6.04 Å². The summed E-state index contributed by atoms with van der Waals surface area (Å²) in [5.74, 6) is 0. The second kappa shape index (κ2) is 7.63. The molecule has 0 fully saturated rings. The van der Waals surface area contributed by atoms with E-state index in [2.05, 4.69) is 62.5 Å². The van der Waals surface area contributed by atoms with Crippen LogP contribution in [0.2, 0.25) is 5.02 Å². The van der Waals surface area contributed by atoms with Crippen molar-refractivity contribution >= 4 is 11.6 Å².